The molecule has 1 aromatic carbocycles. The normalized spacial score (nSPS) is 19.6. The van der Waals surface area contributed by atoms with Crippen LogP contribution in [0.15, 0.2) is 29.6 Å². The number of amides is 4. The maximum absolute atomic E-state index is 14.2. The van der Waals surface area contributed by atoms with Crippen molar-refractivity contribution in [3.05, 3.63) is 45.9 Å². The highest BCUT2D eigenvalue weighted by molar-refractivity contribution is 7.09. The Hall–Kier alpha value is -4.04. The van der Waals surface area contributed by atoms with Gasteiger partial charge in [-0.05, 0) is 82.2 Å². The summed E-state index contributed by atoms with van der Waals surface area (Å²) >= 11 is 1.23. The summed E-state index contributed by atoms with van der Waals surface area (Å²) in [5, 5.41) is 20.7. The number of nitrogens with one attached hydrogen (secondary N) is 3. The monoisotopic (exact) mass is 741 g/mol. The van der Waals surface area contributed by atoms with Gasteiger partial charge in [0.25, 0.3) is 5.91 Å². The van der Waals surface area contributed by atoms with Gasteiger partial charge in [0.15, 0.2) is 0 Å². The first-order valence-electron chi connectivity index (χ1n) is 18.3. The Labute approximate surface area is 312 Å². The number of carbonyl (C=O) groups is 5. The summed E-state index contributed by atoms with van der Waals surface area (Å²) in [6.07, 6.45) is 3.26. The Bertz CT molecular complexity index is 1550. The smallest absolute Gasteiger partial charge is 0.306 e. The topological polar surface area (TPSA) is 187 Å². The fourth-order valence-corrected chi connectivity index (χ4v) is 7.67. The van der Waals surface area contributed by atoms with E-state index >= 15 is 0 Å². The summed E-state index contributed by atoms with van der Waals surface area (Å²) in [6, 6.07) is 5.05. The molecule has 4 amide bonds. The summed E-state index contributed by atoms with van der Waals surface area (Å²) in [6.45, 7) is 13.7. The molecule has 1 fully saturated rings. The van der Waals surface area contributed by atoms with E-state index in [-0.39, 0.29) is 47.7 Å². The van der Waals surface area contributed by atoms with Crippen LogP contribution in [0.4, 0.5) is 5.69 Å². The molecular formula is C38H59N7O6S. The molecule has 13 nitrogen and oxygen atoms in total. The number of aliphatic carboxylic acids is 1. The van der Waals surface area contributed by atoms with E-state index in [9.17, 15) is 29.1 Å². The first kappa shape index (κ1) is 42.4. The van der Waals surface area contributed by atoms with Gasteiger partial charge in [0, 0.05) is 37.1 Å². The van der Waals surface area contributed by atoms with Crippen molar-refractivity contribution in [2.45, 2.75) is 117 Å². The first-order chi connectivity index (χ1) is 24.4. The number of anilines is 1. The second-order valence-corrected chi connectivity index (χ2v) is 15.9. The number of benzene rings is 1. The van der Waals surface area contributed by atoms with Crippen molar-refractivity contribution in [3.63, 3.8) is 0 Å². The van der Waals surface area contributed by atoms with Gasteiger partial charge < -0.3 is 31.7 Å². The van der Waals surface area contributed by atoms with E-state index in [4.69, 9.17) is 5.73 Å². The zero-order valence-corrected chi connectivity index (χ0v) is 33.0. The minimum Gasteiger partial charge on any atom is -0.481 e. The Morgan fingerprint density at radius 1 is 1.06 bits per heavy atom. The summed E-state index contributed by atoms with van der Waals surface area (Å²) < 4.78 is 0. The number of aromatic nitrogens is 1. The lowest BCUT2D eigenvalue weighted by atomic mass is 9.91. The number of nitrogens with zero attached hydrogens (tertiary/aromatic N) is 3. The molecule has 2 aromatic rings. The van der Waals surface area contributed by atoms with Gasteiger partial charge in [-0.1, -0.05) is 53.2 Å². The Kier molecular flexibility index (Phi) is 15.2. The standard InChI is InChI=1S/C38H59N7O6S/c1-10-23(4)32(43-37(51)38(7)16-11-17-44(38)8)35(48)45(9)31(22(2)3)20-29(40-25(6)46)34-42-30(21-52-34)33(47)41-28(18-24(5)36(49)50)19-26-12-14-27(39)15-13-26/h12-15,21-24,28-29,31-32H,10-11,16-20,39H2,1-9H3,(H,40,46)(H,41,47)(H,43,51)(H,49,50)/t23-,24-,28+,29+,31+,32-,38+/m0/s1. The Morgan fingerprint density at radius 2 is 1.71 bits per heavy atom. The average Bonchev–Trinajstić information content (AvgIpc) is 3.72. The van der Waals surface area contributed by atoms with Crippen molar-refractivity contribution in [1.82, 2.24) is 30.7 Å². The summed E-state index contributed by atoms with van der Waals surface area (Å²) in [4.78, 5) is 73.8. The number of hydrogen-bond acceptors (Lipinski definition) is 9. The molecule has 7 atom stereocenters. The largest absolute Gasteiger partial charge is 0.481 e. The number of carboxylic acids is 1. The SMILES string of the molecule is CC[C@H](C)[C@H](NC(=O)[C@@]1(C)CCCN1C)C(=O)N(C)[C@H](C[C@@H](NC(C)=O)c1nc(C(=O)N[C@@H](Cc2ccc(N)cc2)C[C@H](C)C(=O)O)cs1)C(C)C. The molecule has 0 saturated carbocycles. The van der Waals surface area contributed by atoms with Gasteiger partial charge in [-0.3, -0.25) is 28.9 Å². The second kappa shape index (κ2) is 18.6. The van der Waals surface area contributed by atoms with E-state index in [1.54, 1.807) is 36.4 Å². The van der Waals surface area contributed by atoms with Crippen molar-refractivity contribution in [2.24, 2.45) is 17.8 Å². The molecular weight excluding hydrogens is 683 g/mol. The molecule has 0 bridgehead atoms. The van der Waals surface area contributed by atoms with Gasteiger partial charge in [0.2, 0.25) is 17.7 Å². The number of rotatable bonds is 18. The van der Waals surface area contributed by atoms with Crippen molar-refractivity contribution < 1.29 is 29.1 Å². The number of nitrogens with two attached hydrogens (primary N) is 1. The van der Waals surface area contributed by atoms with Gasteiger partial charge in [-0.2, -0.15) is 0 Å². The minimum atomic E-state index is -0.956. The molecule has 0 aliphatic carbocycles. The molecule has 1 aliphatic rings. The van der Waals surface area contributed by atoms with Crippen LogP contribution < -0.4 is 21.7 Å². The third-order valence-corrected chi connectivity index (χ3v) is 11.6. The molecule has 288 valence electrons. The molecule has 0 radical (unpaired) electrons. The molecule has 3 rings (SSSR count). The molecule has 0 unspecified atom stereocenters. The number of carbonyl (C=O) groups excluding carboxylic acids is 4. The van der Waals surface area contributed by atoms with E-state index in [1.165, 1.54) is 18.3 Å². The maximum Gasteiger partial charge on any atom is 0.306 e. The van der Waals surface area contributed by atoms with E-state index in [1.807, 2.05) is 58.7 Å². The molecule has 6 N–H and O–H groups in total. The van der Waals surface area contributed by atoms with Crippen LogP contribution in [0.25, 0.3) is 0 Å². The molecule has 52 heavy (non-hydrogen) atoms. The van der Waals surface area contributed by atoms with Crippen LogP contribution in [0.2, 0.25) is 0 Å². The predicted octanol–water partition coefficient (Wildman–Crippen LogP) is 4.24. The lowest BCUT2D eigenvalue weighted by molar-refractivity contribution is -0.142. The van der Waals surface area contributed by atoms with Gasteiger partial charge in [0.1, 0.15) is 16.7 Å². The van der Waals surface area contributed by atoms with E-state index in [0.717, 1.165) is 24.9 Å². The third-order valence-electron chi connectivity index (χ3n) is 10.6. The summed E-state index contributed by atoms with van der Waals surface area (Å²) in [7, 11) is 3.67. The second-order valence-electron chi connectivity index (χ2n) is 15.0. The summed E-state index contributed by atoms with van der Waals surface area (Å²) in [5.41, 5.74) is 6.80. The van der Waals surface area contributed by atoms with Crippen LogP contribution in [0.1, 0.15) is 108 Å². The van der Waals surface area contributed by atoms with Gasteiger partial charge in [0.05, 0.1) is 17.5 Å². The molecule has 14 heteroatoms. The fourth-order valence-electron chi connectivity index (χ4n) is 6.80. The third kappa shape index (κ3) is 11.0. The number of nitrogen functional groups attached to an aromatic ring is 1. The Balaban J connectivity index is 1.83. The van der Waals surface area contributed by atoms with Crippen LogP contribution in [-0.2, 0) is 25.6 Å². The molecule has 0 spiro atoms. The lowest BCUT2D eigenvalue weighted by Gasteiger charge is -2.38. The van der Waals surface area contributed by atoms with Crippen molar-refractivity contribution in [1.29, 1.82) is 0 Å². The van der Waals surface area contributed by atoms with Crippen LogP contribution in [0, 0.1) is 17.8 Å². The number of likely N-dealkylation sites (N-methyl/N-ethyl adjacent to an activating group) is 2. The zero-order chi connectivity index (χ0) is 38.9. The molecule has 2 heterocycles. The average molecular weight is 742 g/mol. The molecule has 1 aromatic heterocycles. The predicted molar refractivity (Wildman–Crippen MR) is 204 cm³/mol. The lowest BCUT2D eigenvalue weighted by Crippen LogP contribution is -2.60. The van der Waals surface area contributed by atoms with Crippen LogP contribution in [0.5, 0.6) is 0 Å². The van der Waals surface area contributed by atoms with Crippen molar-refractivity contribution in [2.75, 3.05) is 26.4 Å². The van der Waals surface area contributed by atoms with Crippen molar-refractivity contribution in [3.8, 4) is 0 Å². The minimum absolute atomic E-state index is 0.0231. The van der Waals surface area contributed by atoms with Crippen LogP contribution >= 0.6 is 11.3 Å². The van der Waals surface area contributed by atoms with E-state index in [2.05, 4.69) is 20.9 Å². The van der Waals surface area contributed by atoms with Gasteiger partial charge in [-0.25, -0.2) is 4.98 Å². The number of likely N-dealkylation sites (tertiary alicyclic amines) is 1. The summed E-state index contributed by atoms with van der Waals surface area (Å²) in [5.74, 6) is -2.88. The zero-order valence-electron chi connectivity index (χ0n) is 32.2. The number of carboxylic acid groups (broad SMARTS) is 1. The molecule has 1 aliphatic heterocycles. The Morgan fingerprint density at radius 3 is 2.25 bits per heavy atom. The number of thiazole rings is 1. The maximum atomic E-state index is 14.2. The quantitative estimate of drug-likeness (QED) is 0.139. The molecule has 1 saturated heterocycles. The van der Waals surface area contributed by atoms with Crippen LogP contribution in [0.3, 0.4) is 0 Å². The van der Waals surface area contributed by atoms with Gasteiger partial charge >= 0.3 is 5.97 Å². The number of hydrogen-bond donors (Lipinski definition) is 5. The highest BCUT2D eigenvalue weighted by Gasteiger charge is 2.44. The fraction of sp³-hybridized carbons (Fsp3) is 0.632. The highest BCUT2D eigenvalue weighted by Crippen LogP contribution is 2.30. The van der Waals surface area contributed by atoms with Crippen molar-refractivity contribution >= 4 is 46.6 Å². The first-order valence-corrected chi connectivity index (χ1v) is 19.1. The van der Waals surface area contributed by atoms with E-state index < -0.39 is 41.5 Å². The van der Waals surface area contributed by atoms with E-state index in [0.29, 0.717) is 30.0 Å². The highest BCUT2D eigenvalue weighted by atomic mass is 32.1. The van der Waals surface area contributed by atoms with Gasteiger partial charge in [-0.15, -0.1) is 11.3 Å². The van der Waals surface area contributed by atoms with Crippen LogP contribution in [-0.4, -0.2) is 93.8 Å².